The summed E-state index contributed by atoms with van der Waals surface area (Å²) in [6.45, 7) is 6.46. The zero-order valence-electron chi connectivity index (χ0n) is 15.5. The summed E-state index contributed by atoms with van der Waals surface area (Å²) in [5.41, 5.74) is 5.25. The molecular weight excluding hydrogens is 360 g/mol. The lowest BCUT2D eigenvalue weighted by molar-refractivity contribution is -0.113. The minimum Gasteiger partial charge on any atom is -0.454 e. The van der Waals surface area contributed by atoms with Gasteiger partial charge in [-0.3, -0.25) is 4.79 Å². The van der Waals surface area contributed by atoms with Gasteiger partial charge < -0.3 is 14.8 Å². The highest BCUT2D eigenvalue weighted by Crippen LogP contribution is 2.34. The second-order valence-electron chi connectivity index (χ2n) is 6.66. The quantitative estimate of drug-likeness (QED) is 0.669. The van der Waals surface area contributed by atoms with Crippen molar-refractivity contribution in [3.05, 3.63) is 53.1 Å². The minimum absolute atomic E-state index is 0.0842. The maximum atomic E-state index is 12.3. The molecule has 2 aromatic carbocycles. The Labute approximate surface area is 162 Å². The Balaban J connectivity index is 1.46. The predicted molar refractivity (Wildman–Crippen MR) is 108 cm³/mol. The highest BCUT2D eigenvalue weighted by atomic mass is 32.2. The van der Waals surface area contributed by atoms with Gasteiger partial charge in [0.15, 0.2) is 11.5 Å². The van der Waals surface area contributed by atoms with E-state index in [9.17, 15) is 4.79 Å². The number of fused-ring (bicyclic) bond motifs is 2. The number of pyridine rings is 1. The average Bonchev–Trinajstić information content (AvgIpc) is 3.09. The number of thioether (sulfide) groups is 1. The van der Waals surface area contributed by atoms with Crippen molar-refractivity contribution < 1.29 is 14.3 Å². The van der Waals surface area contributed by atoms with Crippen molar-refractivity contribution >= 4 is 34.3 Å². The number of nitrogens with zero attached hydrogens (tertiary/aromatic N) is 1. The van der Waals surface area contributed by atoms with Crippen LogP contribution in [0.3, 0.4) is 0 Å². The number of carbonyl (C=O) groups excluding carboxylic acids is 1. The first-order valence-corrected chi connectivity index (χ1v) is 9.69. The van der Waals surface area contributed by atoms with Gasteiger partial charge in [-0.1, -0.05) is 23.4 Å². The lowest BCUT2D eigenvalue weighted by Crippen LogP contribution is -2.14. The lowest BCUT2D eigenvalue weighted by Gasteiger charge is -2.10. The number of hydrogen-bond acceptors (Lipinski definition) is 5. The van der Waals surface area contributed by atoms with Crippen molar-refractivity contribution in [1.82, 2.24) is 4.98 Å². The molecule has 1 aliphatic heterocycles. The van der Waals surface area contributed by atoms with Crippen molar-refractivity contribution in [2.24, 2.45) is 0 Å². The van der Waals surface area contributed by atoms with Gasteiger partial charge in [0.05, 0.1) is 16.3 Å². The zero-order chi connectivity index (χ0) is 19.0. The van der Waals surface area contributed by atoms with Crippen molar-refractivity contribution in [3.63, 3.8) is 0 Å². The number of rotatable bonds is 4. The highest BCUT2D eigenvalue weighted by molar-refractivity contribution is 7.99. The summed E-state index contributed by atoms with van der Waals surface area (Å²) < 4.78 is 10.6. The molecule has 0 saturated heterocycles. The number of ether oxygens (including phenoxy) is 2. The molecule has 1 aliphatic rings. The molecular formula is C21H20N2O3S. The van der Waals surface area contributed by atoms with Gasteiger partial charge >= 0.3 is 0 Å². The fourth-order valence-corrected chi connectivity index (χ4v) is 3.97. The molecule has 138 valence electrons. The van der Waals surface area contributed by atoms with Crippen LogP contribution in [0.5, 0.6) is 11.5 Å². The topological polar surface area (TPSA) is 60.5 Å². The molecule has 0 atom stereocenters. The summed E-state index contributed by atoms with van der Waals surface area (Å²) >= 11 is 1.44. The molecule has 0 aliphatic carbocycles. The highest BCUT2D eigenvalue weighted by Gasteiger charge is 2.14. The summed E-state index contributed by atoms with van der Waals surface area (Å²) in [5, 5.41) is 4.91. The molecule has 0 spiro atoms. The number of benzene rings is 2. The Morgan fingerprint density at radius 1 is 1.07 bits per heavy atom. The van der Waals surface area contributed by atoms with E-state index < -0.39 is 0 Å². The van der Waals surface area contributed by atoms with Gasteiger partial charge in [-0.2, -0.15) is 0 Å². The summed E-state index contributed by atoms with van der Waals surface area (Å²) in [5.74, 6) is 1.55. The maximum Gasteiger partial charge on any atom is 0.234 e. The molecule has 0 unspecified atom stereocenters. The number of nitrogens with one attached hydrogen (secondary N) is 1. The van der Waals surface area contributed by atoms with Gasteiger partial charge in [-0.25, -0.2) is 4.98 Å². The first-order chi connectivity index (χ1) is 13.0. The molecule has 27 heavy (non-hydrogen) atoms. The van der Waals surface area contributed by atoms with Gasteiger partial charge in [-0.05, 0) is 56.2 Å². The van der Waals surface area contributed by atoms with Crippen LogP contribution in [0.4, 0.5) is 5.69 Å². The monoisotopic (exact) mass is 380 g/mol. The summed E-state index contributed by atoms with van der Waals surface area (Å²) in [7, 11) is 0. The van der Waals surface area contributed by atoms with E-state index in [-0.39, 0.29) is 18.5 Å². The van der Waals surface area contributed by atoms with Gasteiger partial charge in [0.1, 0.15) is 0 Å². The van der Waals surface area contributed by atoms with Crippen LogP contribution in [-0.2, 0) is 4.79 Å². The van der Waals surface area contributed by atoms with Crippen molar-refractivity contribution in [3.8, 4) is 11.5 Å². The third kappa shape index (κ3) is 3.71. The van der Waals surface area contributed by atoms with E-state index in [4.69, 9.17) is 14.5 Å². The van der Waals surface area contributed by atoms with E-state index in [1.54, 1.807) is 18.2 Å². The van der Waals surface area contributed by atoms with Crippen LogP contribution in [0.1, 0.15) is 16.7 Å². The van der Waals surface area contributed by atoms with Crippen LogP contribution in [0, 0.1) is 20.8 Å². The molecule has 4 rings (SSSR count). The summed E-state index contributed by atoms with van der Waals surface area (Å²) in [6.07, 6.45) is 0. The molecule has 0 bridgehead atoms. The molecule has 5 nitrogen and oxygen atoms in total. The largest absolute Gasteiger partial charge is 0.454 e. The third-order valence-corrected chi connectivity index (χ3v) is 5.35. The van der Waals surface area contributed by atoms with Crippen LogP contribution in [0.2, 0.25) is 0 Å². The first-order valence-electron chi connectivity index (χ1n) is 8.70. The molecule has 0 radical (unpaired) electrons. The normalized spacial score (nSPS) is 12.4. The Hall–Kier alpha value is -2.73. The predicted octanol–water partition coefficient (Wildman–Crippen LogP) is 4.62. The van der Waals surface area contributed by atoms with Gasteiger partial charge in [0, 0.05) is 17.1 Å². The van der Waals surface area contributed by atoms with Crippen molar-refractivity contribution in [2.45, 2.75) is 25.8 Å². The number of aryl methyl sites for hydroxylation is 3. The summed E-state index contributed by atoms with van der Waals surface area (Å²) in [4.78, 5) is 17.1. The molecule has 0 fully saturated rings. The smallest absolute Gasteiger partial charge is 0.234 e. The summed E-state index contributed by atoms with van der Waals surface area (Å²) in [6, 6.07) is 11.7. The molecule has 0 saturated carbocycles. The molecule has 1 amide bonds. The SMILES string of the molecule is Cc1cc(C)c2nc(SCC(=O)Nc3ccc4c(c3)OCO4)cc(C)c2c1. The number of aromatic nitrogens is 1. The lowest BCUT2D eigenvalue weighted by atomic mass is 10.0. The van der Waals surface area contributed by atoms with Crippen LogP contribution in [-0.4, -0.2) is 23.4 Å². The van der Waals surface area contributed by atoms with Gasteiger partial charge in [0.2, 0.25) is 12.7 Å². The van der Waals surface area contributed by atoms with Crippen LogP contribution >= 0.6 is 11.8 Å². The van der Waals surface area contributed by atoms with Crippen LogP contribution in [0.15, 0.2) is 41.4 Å². The zero-order valence-corrected chi connectivity index (χ0v) is 16.3. The number of amides is 1. The second-order valence-corrected chi connectivity index (χ2v) is 7.66. The molecule has 6 heteroatoms. The fourth-order valence-electron chi connectivity index (χ4n) is 3.20. The van der Waals surface area contributed by atoms with Crippen molar-refractivity contribution in [2.75, 3.05) is 17.9 Å². The Morgan fingerprint density at radius 3 is 2.74 bits per heavy atom. The first kappa shape index (κ1) is 17.7. The van der Waals surface area contributed by atoms with Gasteiger partial charge in [-0.15, -0.1) is 0 Å². The number of anilines is 1. The standard InChI is InChI=1S/C21H20N2O3S/c1-12-6-14(3)21-16(7-12)13(2)8-20(23-21)27-10-19(24)22-15-4-5-17-18(9-15)26-11-25-17/h4-9H,10-11H2,1-3H3,(H,22,24). The van der Waals surface area contributed by atoms with E-state index in [2.05, 4.69) is 38.2 Å². The minimum atomic E-state index is -0.0842. The van der Waals surface area contributed by atoms with Crippen LogP contribution < -0.4 is 14.8 Å². The van der Waals surface area contributed by atoms with Crippen LogP contribution in [0.25, 0.3) is 10.9 Å². The van der Waals surface area contributed by atoms with Gasteiger partial charge in [0.25, 0.3) is 0 Å². The molecule has 2 heterocycles. The Bertz CT molecular complexity index is 1050. The number of carbonyl (C=O) groups is 1. The molecule has 1 N–H and O–H groups in total. The van der Waals surface area contributed by atoms with E-state index in [0.29, 0.717) is 17.2 Å². The maximum absolute atomic E-state index is 12.3. The Morgan fingerprint density at radius 2 is 1.89 bits per heavy atom. The number of hydrogen-bond donors (Lipinski definition) is 1. The fraction of sp³-hybridized carbons (Fsp3) is 0.238. The van der Waals surface area contributed by atoms with Crippen molar-refractivity contribution in [1.29, 1.82) is 0 Å². The van der Waals surface area contributed by atoms with E-state index >= 15 is 0 Å². The second kappa shape index (κ2) is 7.12. The van der Waals surface area contributed by atoms with E-state index in [1.807, 2.05) is 6.07 Å². The van der Waals surface area contributed by atoms with E-state index in [1.165, 1.54) is 28.3 Å². The third-order valence-electron chi connectivity index (χ3n) is 4.44. The molecule has 3 aromatic rings. The molecule has 1 aromatic heterocycles. The van der Waals surface area contributed by atoms with E-state index in [0.717, 1.165) is 16.1 Å². The Kier molecular flexibility index (Phi) is 4.66. The average molecular weight is 380 g/mol.